The van der Waals surface area contributed by atoms with Crippen LogP contribution >= 0.6 is 0 Å². The Morgan fingerprint density at radius 3 is 2.52 bits per heavy atom. The highest BCUT2D eigenvalue weighted by Crippen LogP contribution is 2.14. The number of para-hydroxylation sites is 2. The van der Waals surface area contributed by atoms with Crippen molar-refractivity contribution in [2.45, 2.75) is 13.0 Å². The summed E-state index contributed by atoms with van der Waals surface area (Å²) in [5, 5.41) is 2.46. The predicted octanol–water partition coefficient (Wildman–Crippen LogP) is 1.47. The first-order valence-electron chi connectivity index (χ1n) is 7.99. The molecule has 0 bridgehead atoms. The van der Waals surface area contributed by atoms with Gasteiger partial charge in [-0.1, -0.05) is 12.1 Å². The van der Waals surface area contributed by atoms with Gasteiger partial charge in [0.05, 0.1) is 17.5 Å². The average Bonchev–Trinajstić information content (AvgIpc) is 2.63. The van der Waals surface area contributed by atoms with E-state index in [4.69, 9.17) is 0 Å². The zero-order valence-electron chi connectivity index (χ0n) is 13.9. The molecule has 0 unspecified atom stereocenters. The fraction of sp³-hybridized carbons (Fsp3) is 0.167. The molecule has 1 heterocycles. The number of nitrogens with zero attached hydrogens (tertiary/aromatic N) is 1. The number of aromatic amines is 1. The van der Waals surface area contributed by atoms with E-state index >= 15 is 0 Å². The number of hydrogen-bond donors (Lipinski definition) is 2. The predicted molar refractivity (Wildman–Crippen MR) is 91.9 cm³/mol. The number of carbonyl (C=O) groups excluding carboxylic acids is 1. The molecule has 6 nitrogen and oxygen atoms in total. The lowest BCUT2D eigenvalue weighted by Gasteiger charge is -2.11. The Morgan fingerprint density at radius 1 is 1.04 bits per heavy atom. The Hall–Kier alpha value is -3.36. The van der Waals surface area contributed by atoms with Gasteiger partial charge in [-0.15, -0.1) is 0 Å². The van der Waals surface area contributed by atoms with Crippen LogP contribution in [0.3, 0.4) is 0 Å². The monoisotopic (exact) mass is 377 g/mol. The molecule has 0 radical (unpaired) electrons. The molecule has 0 saturated carbocycles. The summed E-state index contributed by atoms with van der Waals surface area (Å²) in [5.74, 6) is -4.25. The van der Waals surface area contributed by atoms with E-state index < -0.39 is 40.9 Å². The topological polar surface area (TPSA) is 84.0 Å². The van der Waals surface area contributed by atoms with Gasteiger partial charge in [-0.05, 0) is 18.2 Å². The van der Waals surface area contributed by atoms with Crippen LogP contribution in [0, 0.1) is 17.5 Å². The van der Waals surface area contributed by atoms with Gasteiger partial charge in [0, 0.05) is 24.7 Å². The molecule has 0 aliphatic heterocycles. The van der Waals surface area contributed by atoms with Crippen LogP contribution in [-0.2, 0) is 17.8 Å². The molecule has 1 amide bonds. The Balaban J connectivity index is 1.70. The molecule has 140 valence electrons. The minimum Gasteiger partial charge on any atom is -0.354 e. The van der Waals surface area contributed by atoms with Gasteiger partial charge in [0.25, 0.3) is 0 Å². The molecule has 0 atom stereocenters. The quantitative estimate of drug-likeness (QED) is 0.522. The first-order valence-corrected chi connectivity index (χ1v) is 7.99. The standard InChI is InChI=1S/C18H14F3N3O3/c19-11-9-13(21)12(20)7-10(11)8-16(25)22-5-6-24-15-4-2-1-3-14(15)23-17(26)18(24)27/h1-4,7,9H,5-6,8H2,(H,22,25)(H,23,26). The summed E-state index contributed by atoms with van der Waals surface area (Å²) in [4.78, 5) is 38.1. The molecule has 0 saturated heterocycles. The van der Waals surface area contributed by atoms with Gasteiger partial charge < -0.3 is 14.9 Å². The Morgan fingerprint density at radius 2 is 1.74 bits per heavy atom. The number of carbonyl (C=O) groups is 1. The normalized spacial score (nSPS) is 10.9. The molecule has 0 aliphatic carbocycles. The van der Waals surface area contributed by atoms with Gasteiger partial charge in [0.2, 0.25) is 5.91 Å². The maximum atomic E-state index is 13.6. The molecule has 2 aromatic carbocycles. The average molecular weight is 377 g/mol. The molecule has 2 N–H and O–H groups in total. The Kier molecular flexibility index (Phi) is 5.11. The van der Waals surface area contributed by atoms with Crippen LogP contribution in [0.5, 0.6) is 0 Å². The lowest BCUT2D eigenvalue weighted by atomic mass is 10.1. The lowest BCUT2D eigenvalue weighted by molar-refractivity contribution is -0.120. The van der Waals surface area contributed by atoms with E-state index in [1.165, 1.54) is 4.57 Å². The van der Waals surface area contributed by atoms with Gasteiger partial charge in [0.1, 0.15) is 5.82 Å². The zero-order chi connectivity index (χ0) is 19.6. The third kappa shape index (κ3) is 3.91. The number of H-pyrrole nitrogens is 1. The van der Waals surface area contributed by atoms with E-state index in [1.54, 1.807) is 24.3 Å². The fourth-order valence-electron chi connectivity index (χ4n) is 2.69. The molecule has 3 aromatic rings. The van der Waals surface area contributed by atoms with Gasteiger partial charge in [-0.3, -0.25) is 14.4 Å². The second-order valence-corrected chi connectivity index (χ2v) is 5.81. The second-order valence-electron chi connectivity index (χ2n) is 5.81. The second kappa shape index (κ2) is 7.48. The van der Waals surface area contributed by atoms with Crippen LogP contribution in [0.4, 0.5) is 13.2 Å². The number of nitrogens with one attached hydrogen (secondary N) is 2. The van der Waals surface area contributed by atoms with E-state index in [2.05, 4.69) is 10.3 Å². The van der Waals surface area contributed by atoms with Crippen LogP contribution in [0.25, 0.3) is 11.0 Å². The fourth-order valence-corrected chi connectivity index (χ4v) is 2.69. The van der Waals surface area contributed by atoms with E-state index in [9.17, 15) is 27.6 Å². The zero-order valence-corrected chi connectivity index (χ0v) is 13.9. The minimum atomic E-state index is -1.34. The summed E-state index contributed by atoms with van der Waals surface area (Å²) in [6, 6.07) is 7.67. The molecule has 1 aromatic heterocycles. The van der Waals surface area contributed by atoms with E-state index in [0.717, 1.165) is 0 Å². The van der Waals surface area contributed by atoms with Crippen molar-refractivity contribution < 1.29 is 18.0 Å². The first-order chi connectivity index (χ1) is 12.9. The maximum absolute atomic E-state index is 13.6. The molecular formula is C18H14F3N3O3. The summed E-state index contributed by atoms with van der Waals surface area (Å²) in [7, 11) is 0. The van der Waals surface area contributed by atoms with Crippen molar-refractivity contribution in [3.63, 3.8) is 0 Å². The van der Waals surface area contributed by atoms with Crippen LogP contribution < -0.4 is 16.4 Å². The van der Waals surface area contributed by atoms with Crippen molar-refractivity contribution in [2.24, 2.45) is 0 Å². The molecule has 0 spiro atoms. The summed E-state index contributed by atoms with van der Waals surface area (Å²) in [6.45, 7) is -0.00719. The summed E-state index contributed by atoms with van der Waals surface area (Å²) < 4.78 is 40.9. The van der Waals surface area contributed by atoms with Gasteiger partial charge >= 0.3 is 11.1 Å². The highest BCUT2D eigenvalue weighted by Gasteiger charge is 2.13. The number of rotatable bonds is 5. The molecular weight excluding hydrogens is 363 g/mol. The highest BCUT2D eigenvalue weighted by molar-refractivity contribution is 5.78. The van der Waals surface area contributed by atoms with Crippen LogP contribution in [-0.4, -0.2) is 22.0 Å². The smallest absolute Gasteiger partial charge is 0.316 e. The summed E-state index contributed by atoms with van der Waals surface area (Å²) >= 11 is 0. The molecule has 3 rings (SSSR count). The van der Waals surface area contributed by atoms with Gasteiger partial charge in [-0.2, -0.15) is 0 Å². The van der Waals surface area contributed by atoms with Crippen molar-refractivity contribution in [3.8, 4) is 0 Å². The van der Waals surface area contributed by atoms with E-state index in [-0.39, 0.29) is 18.7 Å². The van der Waals surface area contributed by atoms with Crippen molar-refractivity contribution >= 4 is 16.9 Å². The number of aromatic nitrogens is 2. The number of halogens is 3. The van der Waals surface area contributed by atoms with Crippen LogP contribution in [0.1, 0.15) is 5.56 Å². The third-order valence-electron chi connectivity index (χ3n) is 3.98. The number of amides is 1. The van der Waals surface area contributed by atoms with Crippen molar-refractivity contribution in [2.75, 3.05) is 6.54 Å². The maximum Gasteiger partial charge on any atom is 0.316 e. The van der Waals surface area contributed by atoms with Crippen molar-refractivity contribution in [3.05, 3.63) is 80.1 Å². The number of hydrogen-bond acceptors (Lipinski definition) is 3. The van der Waals surface area contributed by atoms with Crippen LogP contribution in [0.15, 0.2) is 46.0 Å². The summed E-state index contributed by atoms with van der Waals surface area (Å²) in [6.07, 6.45) is -0.492. The van der Waals surface area contributed by atoms with Gasteiger partial charge in [-0.25, -0.2) is 13.2 Å². The van der Waals surface area contributed by atoms with Crippen LogP contribution in [0.2, 0.25) is 0 Å². The largest absolute Gasteiger partial charge is 0.354 e. The number of benzene rings is 2. The molecule has 0 fully saturated rings. The van der Waals surface area contributed by atoms with E-state index in [0.29, 0.717) is 23.2 Å². The molecule has 0 aliphatic rings. The Bertz CT molecular complexity index is 1140. The highest BCUT2D eigenvalue weighted by atomic mass is 19.2. The Labute approximate surface area is 150 Å². The minimum absolute atomic E-state index is 0.00919. The van der Waals surface area contributed by atoms with Crippen molar-refractivity contribution in [1.29, 1.82) is 0 Å². The SMILES string of the molecule is O=C(Cc1cc(F)c(F)cc1F)NCCn1c(=O)c(=O)[nH]c2ccccc21. The first kappa shape index (κ1) is 18.4. The molecule has 27 heavy (non-hydrogen) atoms. The van der Waals surface area contributed by atoms with Crippen molar-refractivity contribution in [1.82, 2.24) is 14.9 Å². The molecule has 9 heteroatoms. The van der Waals surface area contributed by atoms with Gasteiger partial charge in [0.15, 0.2) is 11.6 Å². The van der Waals surface area contributed by atoms with E-state index in [1.807, 2.05) is 0 Å². The third-order valence-corrected chi connectivity index (χ3v) is 3.98. The number of fused-ring (bicyclic) bond motifs is 1. The lowest BCUT2D eigenvalue weighted by Crippen LogP contribution is -2.39. The summed E-state index contributed by atoms with van der Waals surface area (Å²) in [5.41, 5.74) is -0.885.